The fraction of sp³-hybridized carbons (Fsp3) is 0.0943. The summed E-state index contributed by atoms with van der Waals surface area (Å²) in [6.07, 6.45) is 0. The Morgan fingerprint density at radius 3 is 1.67 bits per heavy atom. The quantitative estimate of drug-likeness (QED) is 0.171. The molecule has 0 saturated heterocycles. The number of hydrogen-bond acceptors (Lipinski definition) is 2. The molecule has 1 nitrogen and oxygen atoms in total. The maximum atomic E-state index is 2.45. The topological polar surface area (TPSA) is 3.24 Å². The summed E-state index contributed by atoms with van der Waals surface area (Å²) in [4.78, 5) is 2.45. The molecular formula is C53H39NS. The highest BCUT2D eigenvalue weighted by Gasteiger charge is 2.42. The minimum Gasteiger partial charge on any atom is -0.310 e. The van der Waals surface area contributed by atoms with Gasteiger partial charge in [0.25, 0.3) is 0 Å². The van der Waals surface area contributed by atoms with Crippen molar-refractivity contribution in [3.8, 4) is 33.4 Å². The van der Waals surface area contributed by atoms with E-state index in [1.165, 1.54) is 87.1 Å². The Balaban J connectivity index is 1.08. The van der Waals surface area contributed by atoms with Gasteiger partial charge in [-0.1, -0.05) is 153 Å². The largest absolute Gasteiger partial charge is 0.310 e. The summed E-state index contributed by atoms with van der Waals surface area (Å²) in [5.74, 6) is 0. The maximum absolute atomic E-state index is 2.45. The fourth-order valence-electron chi connectivity index (χ4n) is 9.83. The molecule has 0 radical (unpaired) electrons. The van der Waals surface area contributed by atoms with Crippen LogP contribution in [-0.4, -0.2) is 0 Å². The lowest BCUT2D eigenvalue weighted by Gasteiger charge is -2.31. The van der Waals surface area contributed by atoms with Crippen LogP contribution in [0.4, 0.5) is 17.1 Å². The third-order valence-electron chi connectivity index (χ3n) is 12.6. The van der Waals surface area contributed by atoms with Crippen LogP contribution in [0, 0.1) is 0 Å². The highest BCUT2D eigenvalue weighted by molar-refractivity contribution is 7.26. The number of nitrogens with zero attached hydrogens (tertiary/aromatic N) is 1. The molecule has 8 aromatic carbocycles. The molecule has 0 aliphatic heterocycles. The van der Waals surface area contributed by atoms with Crippen LogP contribution in [0.25, 0.3) is 53.6 Å². The second-order valence-corrected chi connectivity index (χ2v) is 16.9. The van der Waals surface area contributed by atoms with Crippen molar-refractivity contribution in [2.75, 3.05) is 4.90 Å². The zero-order valence-electron chi connectivity index (χ0n) is 31.2. The van der Waals surface area contributed by atoms with Gasteiger partial charge in [-0.05, 0) is 111 Å². The first kappa shape index (κ1) is 32.2. The van der Waals surface area contributed by atoms with E-state index in [0.29, 0.717) is 0 Å². The van der Waals surface area contributed by atoms with Gasteiger partial charge < -0.3 is 4.90 Å². The SMILES string of the molecule is CC1(C)c2ccccc2-c2ccc(-c3ccc(N(c4ccccc4)c4ccc(C5(C)c6ccccc6-c6ccccc65)c5sc6ccccc6c45)cc3)cc21. The van der Waals surface area contributed by atoms with E-state index in [-0.39, 0.29) is 10.8 Å². The van der Waals surface area contributed by atoms with E-state index in [4.69, 9.17) is 0 Å². The van der Waals surface area contributed by atoms with Crippen molar-refractivity contribution in [2.24, 2.45) is 0 Å². The predicted octanol–water partition coefficient (Wildman–Crippen LogP) is 14.8. The average Bonchev–Trinajstić information content (AvgIpc) is 3.83. The smallest absolute Gasteiger partial charge is 0.0555 e. The van der Waals surface area contributed by atoms with Crippen molar-refractivity contribution in [3.05, 3.63) is 210 Å². The third kappa shape index (κ3) is 4.59. The number of fused-ring (bicyclic) bond motifs is 9. The molecule has 55 heavy (non-hydrogen) atoms. The van der Waals surface area contributed by atoms with Crippen LogP contribution >= 0.6 is 11.3 Å². The van der Waals surface area contributed by atoms with Crippen LogP contribution in [-0.2, 0) is 10.8 Å². The van der Waals surface area contributed by atoms with E-state index in [0.717, 1.165) is 11.4 Å². The standard InChI is InChI=1S/C53H39NS/c1-52(2)43-21-11-7-17-38(43)41-30-27-35(33-47(41)52)34-25-28-37(29-26-34)54(36-15-5-4-6-16-36)48-32-31-46(51-50(48)42-20-10-14-24-49(42)55-51)53(3)44-22-12-8-18-39(44)40-19-9-13-23-45(40)53/h4-33H,1-3H3. The molecule has 0 N–H and O–H groups in total. The number of rotatable bonds is 5. The van der Waals surface area contributed by atoms with Crippen LogP contribution in [0.2, 0.25) is 0 Å². The molecule has 11 rings (SSSR count). The highest BCUT2D eigenvalue weighted by Crippen LogP contribution is 2.57. The van der Waals surface area contributed by atoms with E-state index in [2.05, 4.69) is 208 Å². The number of benzene rings is 8. The van der Waals surface area contributed by atoms with Crippen molar-refractivity contribution in [1.29, 1.82) is 0 Å². The van der Waals surface area contributed by atoms with Crippen molar-refractivity contribution < 1.29 is 0 Å². The van der Waals surface area contributed by atoms with Gasteiger partial charge in [0.2, 0.25) is 0 Å². The first-order valence-electron chi connectivity index (χ1n) is 19.3. The normalized spacial score (nSPS) is 14.4. The second-order valence-electron chi connectivity index (χ2n) is 15.8. The molecule has 0 bridgehead atoms. The first-order valence-corrected chi connectivity index (χ1v) is 20.1. The fourth-order valence-corrected chi connectivity index (χ4v) is 11.2. The molecule has 9 aromatic rings. The third-order valence-corrected chi connectivity index (χ3v) is 13.8. The number of hydrogen-bond donors (Lipinski definition) is 0. The first-order chi connectivity index (χ1) is 26.9. The summed E-state index contributed by atoms with van der Waals surface area (Å²) in [7, 11) is 0. The summed E-state index contributed by atoms with van der Waals surface area (Å²) >= 11 is 1.92. The summed E-state index contributed by atoms with van der Waals surface area (Å²) in [5.41, 5.74) is 17.9. The van der Waals surface area contributed by atoms with Gasteiger partial charge in [0, 0.05) is 42.4 Å². The van der Waals surface area contributed by atoms with Crippen molar-refractivity contribution in [2.45, 2.75) is 31.6 Å². The number of thiophene rings is 1. The summed E-state index contributed by atoms with van der Waals surface area (Å²) in [5, 5.41) is 2.59. The Bertz CT molecular complexity index is 2920. The molecule has 2 aliphatic carbocycles. The Kier molecular flexibility index (Phi) is 6.97. The molecule has 262 valence electrons. The molecule has 1 aromatic heterocycles. The minimum atomic E-state index is -0.296. The lowest BCUT2D eigenvalue weighted by molar-refractivity contribution is 0.660. The molecule has 0 saturated carbocycles. The van der Waals surface area contributed by atoms with E-state index in [9.17, 15) is 0 Å². The Morgan fingerprint density at radius 2 is 0.964 bits per heavy atom. The van der Waals surface area contributed by atoms with Crippen LogP contribution in [0.15, 0.2) is 182 Å². The van der Waals surface area contributed by atoms with Gasteiger partial charge in [-0.3, -0.25) is 0 Å². The lowest BCUT2D eigenvalue weighted by Crippen LogP contribution is -2.23. The Hall–Kier alpha value is -6.22. The lowest BCUT2D eigenvalue weighted by atomic mass is 9.74. The molecule has 2 aliphatic rings. The molecule has 0 fully saturated rings. The molecule has 2 heteroatoms. The van der Waals surface area contributed by atoms with Crippen LogP contribution < -0.4 is 4.90 Å². The maximum Gasteiger partial charge on any atom is 0.0555 e. The molecule has 0 atom stereocenters. The van der Waals surface area contributed by atoms with Crippen molar-refractivity contribution in [3.63, 3.8) is 0 Å². The van der Waals surface area contributed by atoms with E-state index < -0.39 is 0 Å². The monoisotopic (exact) mass is 721 g/mol. The van der Waals surface area contributed by atoms with Gasteiger partial charge in [-0.25, -0.2) is 0 Å². The molecule has 1 heterocycles. The minimum absolute atomic E-state index is 0.0352. The predicted molar refractivity (Wildman–Crippen MR) is 234 cm³/mol. The summed E-state index contributed by atoms with van der Waals surface area (Å²) in [6.45, 7) is 7.14. The van der Waals surface area contributed by atoms with E-state index in [1.807, 2.05) is 11.3 Å². The summed E-state index contributed by atoms with van der Waals surface area (Å²) < 4.78 is 2.64. The van der Waals surface area contributed by atoms with E-state index in [1.54, 1.807) is 0 Å². The zero-order chi connectivity index (χ0) is 36.9. The van der Waals surface area contributed by atoms with Crippen LogP contribution in [0.1, 0.15) is 48.6 Å². The van der Waals surface area contributed by atoms with Crippen molar-refractivity contribution >= 4 is 48.6 Å². The van der Waals surface area contributed by atoms with Gasteiger partial charge in [0.05, 0.1) is 5.69 Å². The summed E-state index contributed by atoms with van der Waals surface area (Å²) in [6, 6.07) is 67.7. The van der Waals surface area contributed by atoms with Crippen molar-refractivity contribution in [1.82, 2.24) is 0 Å². The Morgan fingerprint density at radius 1 is 0.418 bits per heavy atom. The molecule has 0 unspecified atom stereocenters. The molecule has 0 spiro atoms. The number of anilines is 3. The highest BCUT2D eigenvalue weighted by atomic mass is 32.1. The van der Waals surface area contributed by atoms with Gasteiger partial charge in [-0.2, -0.15) is 0 Å². The molecule has 0 amide bonds. The van der Waals surface area contributed by atoms with Gasteiger partial charge in [0.1, 0.15) is 0 Å². The van der Waals surface area contributed by atoms with Gasteiger partial charge in [-0.15, -0.1) is 11.3 Å². The van der Waals surface area contributed by atoms with Crippen LogP contribution in [0.5, 0.6) is 0 Å². The second kappa shape index (κ2) is 11.9. The van der Waals surface area contributed by atoms with E-state index >= 15 is 0 Å². The van der Waals surface area contributed by atoms with Gasteiger partial charge >= 0.3 is 0 Å². The zero-order valence-corrected chi connectivity index (χ0v) is 32.0. The molecular weight excluding hydrogens is 683 g/mol. The number of para-hydroxylation sites is 1. The van der Waals surface area contributed by atoms with Crippen LogP contribution in [0.3, 0.4) is 0 Å². The Labute approximate surface area is 326 Å². The average molecular weight is 722 g/mol. The van der Waals surface area contributed by atoms with Gasteiger partial charge in [0.15, 0.2) is 0 Å².